The number of sulfone groups is 1. The summed E-state index contributed by atoms with van der Waals surface area (Å²) >= 11 is 0. The quantitative estimate of drug-likeness (QED) is 0.734. The van der Waals surface area contributed by atoms with Crippen LogP contribution in [-0.4, -0.2) is 46.3 Å². The minimum absolute atomic E-state index is 0.0187. The van der Waals surface area contributed by atoms with E-state index in [2.05, 4.69) is 20.9 Å². The Labute approximate surface area is 144 Å². The van der Waals surface area contributed by atoms with Crippen molar-refractivity contribution in [3.05, 3.63) is 29.2 Å². The lowest BCUT2D eigenvalue weighted by Crippen LogP contribution is -2.42. The fraction of sp³-hybridized carbons (Fsp3) is 0.467. The van der Waals surface area contributed by atoms with Crippen LogP contribution in [0.3, 0.4) is 0 Å². The molecule has 25 heavy (non-hydrogen) atoms. The zero-order chi connectivity index (χ0) is 18.2. The maximum absolute atomic E-state index is 12.3. The zero-order valence-corrected chi connectivity index (χ0v) is 14.8. The molecule has 1 atom stereocenters. The fourth-order valence-corrected chi connectivity index (χ4v) is 4.83. The van der Waals surface area contributed by atoms with Gasteiger partial charge in [0, 0.05) is 17.8 Å². The molecule has 3 heterocycles. The third kappa shape index (κ3) is 3.78. The van der Waals surface area contributed by atoms with E-state index in [1.54, 1.807) is 4.52 Å². The second kappa shape index (κ2) is 6.43. The lowest BCUT2D eigenvalue weighted by Gasteiger charge is -2.09. The highest BCUT2D eigenvalue weighted by Crippen LogP contribution is 2.21. The summed E-state index contributed by atoms with van der Waals surface area (Å²) in [6.07, 6.45) is 1.92. The van der Waals surface area contributed by atoms with Gasteiger partial charge in [-0.2, -0.15) is 5.10 Å². The summed E-state index contributed by atoms with van der Waals surface area (Å²) in [7, 11) is -3.03. The maximum Gasteiger partial charge on any atom is 0.275 e. The average Bonchev–Trinajstić information content (AvgIpc) is 3.08. The summed E-state index contributed by atoms with van der Waals surface area (Å²) in [5.74, 6) is -1.02. The molecule has 2 aromatic heterocycles. The molecular weight excluding hydrogens is 346 g/mol. The minimum Gasteiger partial charge on any atom is -0.273 e. The summed E-state index contributed by atoms with van der Waals surface area (Å²) in [5.41, 5.74) is 6.90. The molecule has 1 aliphatic rings. The Hall–Kier alpha value is -2.49. The smallest absolute Gasteiger partial charge is 0.273 e. The Morgan fingerprint density at radius 3 is 2.76 bits per heavy atom. The largest absolute Gasteiger partial charge is 0.275 e. The number of hydrogen-bond donors (Lipinski definition) is 2. The summed E-state index contributed by atoms with van der Waals surface area (Å²) in [5, 5.41) is 4.12. The highest BCUT2D eigenvalue weighted by molar-refractivity contribution is 7.91. The molecule has 1 fully saturated rings. The number of amides is 2. The molecule has 1 aliphatic heterocycles. The van der Waals surface area contributed by atoms with E-state index in [1.165, 1.54) is 6.20 Å². The van der Waals surface area contributed by atoms with E-state index in [0.717, 1.165) is 11.4 Å². The number of nitrogens with zero attached hydrogens (tertiary/aromatic N) is 3. The number of fused-ring (bicyclic) bond motifs is 1. The third-order valence-corrected chi connectivity index (χ3v) is 5.98. The standard InChI is InChI=1S/C15H19N5O4S/c1-9-5-10(2)20-14(17-9)12(7-16-20)15(22)19-18-13(21)6-11-3-4-25(23,24)8-11/h5,7,11H,3-4,6,8H2,1-2H3,(H,18,21)(H,19,22). The molecule has 0 saturated carbocycles. The molecule has 1 unspecified atom stereocenters. The van der Waals surface area contributed by atoms with Crippen LogP contribution in [-0.2, 0) is 14.6 Å². The van der Waals surface area contributed by atoms with E-state index in [4.69, 9.17) is 0 Å². The van der Waals surface area contributed by atoms with Gasteiger partial charge >= 0.3 is 0 Å². The van der Waals surface area contributed by atoms with Gasteiger partial charge in [-0.1, -0.05) is 0 Å². The highest BCUT2D eigenvalue weighted by atomic mass is 32.2. The monoisotopic (exact) mass is 365 g/mol. The molecule has 2 N–H and O–H groups in total. The Balaban J connectivity index is 1.62. The van der Waals surface area contributed by atoms with Gasteiger partial charge in [-0.25, -0.2) is 17.9 Å². The number of nitrogens with one attached hydrogen (secondary N) is 2. The van der Waals surface area contributed by atoms with Gasteiger partial charge in [0.2, 0.25) is 5.91 Å². The zero-order valence-electron chi connectivity index (χ0n) is 13.9. The lowest BCUT2D eigenvalue weighted by atomic mass is 10.1. The second-order valence-electron chi connectivity index (χ2n) is 6.31. The number of rotatable bonds is 3. The minimum atomic E-state index is -3.03. The van der Waals surface area contributed by atoms with Crippen LogP contribution in [0, 0.1) is 19.8 Å². The van der Waals surface area contributed by atoms with E-state index >= 15 is 0 Å². The van der Waals surface area contributed by atoms with Crippen molar-refractivity contribution >= 4 is 27.3 Å². The Kier molecular flexibility index (Phi) is 4.46. The van der Waals surface area contributed by atoms with Crippen LogP contribution < -0.4 is 10.9 Å². The van der Waals surface area contributed by atoms with Crippen LogP contribution in [0.4, 0.5) is 0 Å². The predicted octanol–water partition coefficient (Wildman–Crippen LogP) is -0.0681. The van der Waals surface area contributed by atoms with Crippen LogP contribution in [0.2, 0.25) is 0 Å². The van der Waals surface area contributed by atoms with E-state index < -0.39 is 21.7 Å². The number of carbonyl (C=O) groups excluding carboxylic acids is 2. The van der Waals surface area contributed by atoms with Crippen molar-refractivity contribution in [1.29, 1.82) is 0 Å². The van der Waals surface area contributed by atoms with Gasteiger partial charge in [0.15, 0.2) is 15.5 Å². The molecule has 2 aromatic rings. The Bertz CT molecular complexity index is 950. The van der Waals surface area contributed by atoms with Crippen LogP contribution in [0.1, 0.15) is 34.6 Å². The molecule has 3 rings (SSSR count). The topological polar surface area (TPSA) is 123 Å². The molecule has 10 heteroatoms. The van der Waals surface area contributed by atoms with Crippen LogP contribution >= 0.6 is 0 Å². The first-order valence-electron chi connectivity index (χ1n) is 7.87. The summed E-state index contributed by atoms with van der Waals surface area (Å²) in [4.78, 5) is 28.5. The molecule has 0 radical (unpaired) electrons. The normalized spacial score (nSPS) is 19.0. The number of aromatic nitrogens is 3. The Morgan fingerprint density at radius 1 is 1.32 bits per heavy atom. The van der Waals surface area contributed by atoms with Crippen molar-refractivity contribution in [2.45, 2.75) is 26.7 Å². The van der Waals surface area contributed by atoms with Crippen molar-refractivity contribution in [3.63, 3.8) is 0 Å². The molecule has 0 aliphatic carbocycles. The average molecular weight is 365 g/mol. The molecule has 2 amide bonds. The molecule has 0 aromatic carbocycles. The SMILES string of the molecule is Cc1cc(C)n2ncc(C(=O)NNC(=O)CC3CCS(=O)(=O)C3)c2n1. The van der Waals surface area contributed by atoms with E-state index in [1.807, 2.05) is 19.9 Å². The number of hydrogen-bond acceptors (Lipinski definition) is 6. The van der Waals surface area contributed by atoms with Crippen molar-refractivity contribution < 1.29 is 18.0 Å². The van der Waals surface area contributed by atoms with Crippen molar-refractivity contribution in [2.24, 2.45) is 5.92 Å². The summed E-state index contributed by atoms with van der Waals surface area (Å²) in [6, 6.07) is 1.85. The fourth-order valence-electron chi connectivity index (χ4n) is 2.97. The first kappa shape index (κ1) is 17.3. The lowest BCUT2D eigenvalue weighted by molar-refractivity contribution is -0.122. The summed E-state index contributed by atoms with van der Waals surface area (Å²) < 4.78 is 24.4. The molecule has 0 spiro atoms. The number of carbonyl (C=O) groups is 2. The van der Waals surface area contributed by atoms with Crippen LogP contribution in [0.25, 0.3) is 5.65 Å². The Morgan fingerprint density at radius 2 is 2.08 bits per heavy atom. The molecule has 0 bridgehead atoms. The van der Waals surface area contributed by atoms with Crippen molar-refractivity contribution in [1.82, 2.24) is 25.4 Å². The molecule has 134 valence electrons. The van der Waals surface area contributed by atoms with Gasteiger partial charge in [-0.3, -0.25) is 20.4 Å². The van der Waals surface area contributed by atoms with Crippen LogP contribution in [0.15, 0.2) is 12.3 Å². The van der Waals surface area contributed by atoms with Gasteiger partial charge in [-0.05, 0) is 32.3 Å². The van der Waals surface area contributed by atoms with Gasteiger partial charge in [0.05, 0.1) is 17.7 Å². The molecule has 9 nitrogen and oxygen atoms in total. The van der Waals surface area contributed by atoms with Gasteiger partial charge < -0.3 is 0 Å². The summed E-state index contributed by atoms with van der Waals surface area (Å²) in [6.45, 7) is 3.67. The van der Waals surface area contributed by atoms with Crippen molar-refractivity contribution in [2.75, 3.05) is 11.5 Å². The van der Waals surface area contributed by atoms with Crippen molar-refractivity contribution in [3.8, 4) is 0 Å². The van der Waals surface area contributed by atoms with Gasteiger partial charge in [0.25, 0.3) is 5.91 Å². The number of hydrazine groups is 1. The van der Waals surface area contributed by atoms with E-state index in [-0.39, 0.29) is 29.4 Å². The van der Waals surface area contributed by atoms with E-state index in [9.17, 15) is 18.0 Å². The van der Waals surface area contributed by atoms with Gasteiger partial charge in [0.1, 0.15) is 5.56 Å². The first-order chi connectivity index (χ1) is 11.7. The van der Waals surface area contributed by atoms with E-state index in [0.29, 0.717) is 12.1 Å². The number of aryl methyl sites for hydroxylation is 2. The van der Waals surface area contributed by atoms with Crippen LogP contribution in [0.5, 0.6) is 0 Å². The first-order valence-corrected chi connectivity index (χ1v) is 9.69. The second-order valence-corrected chi connectivity index (χ2v) is 8.54. The molecule has 1 saturated heterocycles. The maximum atomic E-state index is 12.3. The highest BCUT2D eigenvalue weighted by Gasteiger charge is 2.29. The van der Waals surface area contributed by atoms with Gasteiger partial charge in [-0.15, -0.1) is 0 Å². The third-order valence-electron chi connectivity index (χ3n) is 4.14. The predicted molar refractivity (Wildman–Crippen MR) is 89.4 cm³/mol. The molecular formula is C15H19N5O4S.